The molecule has 0 saturated carbocycles. The average molecular weight is 285 g/mol. The highest BCUT2D eigenvalue weighted by molar-refractivity contribution is 5.85. The number of aryl methyl sites for hydroxylation is 2. The zero-order valence-electron chi connectivity index (χ0n) is 12.3. The molecular weight excluding hydrogens is 266 g/mol. The molecule has 2 rings (SSSR count). The maximum atomic E-state index is 10.7. The highest BCUT2D eigenvalue weighted by atomic mass is 16.4. The van der Waals surface area contributed by atoms with Crippen LogP contribution in [-0.4, -0.2) is 25.8 Å². The Morgan fingerprint density at radius 2 is 2.05 bits per heavy atom. The quantitative estimate of drug-likeness (QED) is 0.828. The normalized spacial score (nSPS) is 11.1. The van der Waals surface area contributed by atoms with E-state index in [1.807, 2.05) is 35.9 Å². The van der Waals surface area contributed by atoms with E-state index >= 15 is 0 Å². The number of carboxylic acids is 1. The number of rotatable bonds is 6. The van der Waals surface area contributed by atoms with Gasteiger partial charge in [0.25, 0.3) is 0 Å². The third kappa shape index (κ3) is 3.78. The fraction of sp³-hybridized carbons (Fsp3) is 0.312. The van der Waals surface area contributed by atoms with Crippen LogP contribution in [0.25, 0.3) is 6.08 Å². The van der Waals surface area contributed by atoms with E-state index in [2.05, 4.69) is 17.0 Å². The Bertz CT molecular complexity index is 659. The monoisotopic (exact) mass is 285 g/mol. The van der Waals surface area contributed by atoms with Gasteiger partial charge >= 0.3 is 5.97 Å². The smallest absolute Gasteiger partial charge is 0.328 e. The second-order valence-electron chi connectivity index (χ2n) is 4.68. The summed E-state index contributed by atoms with van der Waals surface area (Å²) < 4.78 is 1.90. The molecule has 2 aromatic rings. The second kappa shape index (κ2) is 6.83. The lowest BCUT2D eigenvalue weighted by Crippen LogP contribution is -2.07. The maximum Gasteiger partial charge on any atom is 0.328 e. The Morgan fingerprint density at radius 1 is 1.29 bits per heavy atom. The number of hydrogen-bond donors (Lipinski definition) is 1. The Morgan fingerprint density at radius 3 is 2.71 bits per heavy atom. The Hall–Kier alpha value is -2.43. The number of nitrogens with zero attached hydrogens (tertiary/aromatic N) is 3. The van der Waals surface area contributed by atoms with E-state index in [1.165, 1.54) is 0 Å². The number of benzene rings is 1. The molecule has 5 nitrogen and oxygen atoms in total. The Balaban J connectivity index is 2.31. The van der Waals surface area contributed by atoms with Gasteiger partial charge in [-0.15, -0.1) is 0 Å². The minimum absolute atomic E-state index is 0.594. The molecule has 21 heavy (non-hydrogen) atoms. The summed E-state index contributed by atoms with van der Waals surface area (Å²) in [5, 5.41) is 13.3. The molecule has 0 fully saturated rings. The molecule has 1 N–H and O–H groups in total. The van der Waals surface area contributed by atoms with Crippen LogP contribution in [0.4, 0.5) is 0 Å². The van der Waals surface area contributed by atoms with Gasteiger partial charge in [-0.1, -0.05) is 38.1 Å². The fourth-order valence-electron chi connectivity index (χ4n) is 2.13. The van der Waals surface area contributed by atoms with Crippen molar-refractivity contribution in [1.29, 1.82) is 0 Å². The molecule has 0 bridgehead atoms. The first-order valence-corrected chi connectivity index (χ1v) is 7.05. The van der Waals surface area contributed by atoms with E-state index in [1.54, 1.807) is 6.08 Å². The molecule has 0 aliphatic heterocycles. The molecule has 0 unspecified atom stereocenters. The highest BCUT2D eigenvalue weighted by Crippen LogP contribution is 2.14. The number of carbonyl (C=O) groups is 1. The van der Waals surface area contributed by atoms with E-state index in [9.17, 15) is 4.79 Å². The standard InChI is InChI=1S/C16H19N3O2/c1-3-14-17-15(4-2)19(18-14)11-13-8-6-5-7-12(13)9-10-16(20)21/h5-10H,3-4,11H2,1-2H3,(H,20,21). The largest absolute Gasteiger partial charge is 0.478 e. The van der Waals surface area contributed by atoms with Crippen molar-refractivity contribution < 1.29 is 9.90 Å². The molecule has 0 aliphatic carbocycles. The van der Waals surface area contributed by atoms with E-state index in [0.717, 1.165) is 41.7 Å². The minimum Gasteiger partial charge on any atom is -0.478 e. The van der Waals surface area contributed by atoms with Crippen molar-refractivity contribution in [1.82, 2.24) is 14.8 Å². The molecule has 1 heterocycles. The zero-order valence-corrected chi connectivity index (χ0v) is 12.3. The van der Waals surface area contributed by atoms with Crippen LogP contribution >= 0.6 is 0 Å². The van der Waals surface area contributed by atoms with Crippen LogP contribution in [0.3, 0.4) is 0 Å². The van der Waals surface area contributed by atoms with Crippen LogP contribution < -0.4 is 0 Å². The van der Waals surface area contributed by atoms with Gasteiger partial charge in [-0.3, -0.25) is 0 Å². The molecule has 0 atom stereocenters. The summed E-state index contributed by atoms with van der Waals surface area (Å²) in [6.45, 7) is 4.68. The lowest BCUT2D eigenvalue weighted by atomic mass is 10.1. The van der Waals surface area contributed by atoms with Gasteiger partial charge in [0, 0.05) is 18.9 Å². The van der Waals surface area contributed by atoms with Gasteiger partial charge in [0.1, 0.15) is 5.82 Å². The van der Waals surface area contributed by atoms with Gasteiger partial charge in [0.15, 0.2) is 5.82 Å². The van der Waals surface area contributed by atoms with Gasteiger partial charge in [-0.2, -0.15) is 5.10 Å². The lowest BCUT2D eigenvalue weighted by Gasteiger charge is -2.08. The topological polar surface area (TPSA) is 68.0 Å². The molecular formula is C16H19N3O2. The predicted octanol–water partition coefficient (Wildman–Crippen LogP) is 2.55. The number of aromatic nitrogens is 3. The summed E-state index contributed by atoms with van der Waals surface area (Å²) in [5.41, 5.74) is 1.91. The van der Waals surface area contributed by atoms with Crippen molar-refractivity contribution in [2.75, 3.05) is 0 Å². The SMILES string of the molecule is CCc1nc(CC)n(Cc2ccccc2C=CC(=O)O)n1. The number of carboxylic acid groups (broad SMARTS) is 1. The third-order valence-corrected chi connectivity index (χ3v) is 3.21. The lowest BCUT2D eigenvalue weighted by molar-refractivity contribution is -0.131. The summed E-state index contributed by atoms with van der Waals surface area (Å²) in [6, 6.07) is 7.72. The van der Waals surface area contributed by atoms with E-state index in [4.69, 9.17) is 5.11 Å². The summed E-state index contributed by atoms with van der Waals surface area (Å²) in [7, 11) is 0. The third-order valence-electron chi connectivity index (χ3n) is 3.21. The second-order valence-corrected chi connectivity index (χ2v) is 4.68. The fourth-order valence-corrected chi connectivity index (χ4v) is 2.13. The van der Waals surface area contributed by atoms with E-state index in [-0.39, 0.29) is 0 Å². The first kappa shape index (κ1) is 15.0. The first-order chi connectivity index (χ1) is 10.1. The predicted molar refractivity (Wildman–Crippen MR) is 81.0 cm³/mol. The summed E-state index contributed by atoms with van der Waals surface area (Å²) in [6.07, 6.45) is 4.39. The van der Waals surface area contributed by atoms with Crippen molar-refractivity contribution in [3.05, 3.63) is 53.1 Å². The molecule has 0 spiro atoms. The van der Waals surface area contributed by atoms with Crippen LogP contribution in [0.2, 0.25) is 0 Å². The van der Waals surface area contributed by atoms with Crippen molar-refractivity contribution >= 4 is 12.0 Å². The molecule has 0 amide bonds. The van der Waals surface area contributed by atoms with Crippen LogP contribution in [0.15, 0.2) is 30.3 Å². The molecule has 1 aromatic heterocycles. The van der Waals surface area contributed by atoms with Crippen molar-refractivity contribution in [3.63, 3.8) is 0 Å². The number of aliphatic carboxylic acids is 1. The van der Waals surface area contributed by atoms with Crippen LogP contribution in [0.5, 0.6) is 0 Å². The Labute approximate surface area is 124 Å². The molecule has 5 heteroatoms. The molecule has 0 saturated heterocycles. The minimum atomic E-state index is -0.951. The first-order valence-electron chi connectivity index (χ1n) is 7.05. The zero-order chi connectivity index (χ0) is 15.2. The highest BCUT2D eigenvalue weighted by Gasteiger charge is 2.09. The van der Waals surface area contributed by atoms with Crippen LogP contribution in [0.1, 0.15) is 36.6 Å². The number of hydrogen-bond acceptors (Lipinski definition) is 3. The van der Waals surface area contributed by atoms with Gasteiger partial charge in [-0.25, -0.2) is 14.5 Å². The molecule has 1 aromatic carbocycles. The Kier molecular flexibility index (Phi) is 4.87. The van der Waals surface area contributed by atoms with E-state index in [0.29, 0.717) is 6.54 Å². The van der Waals surface area contributed by atoms with Gasteiger partial charge < -0.3 is 5.11 Å². The summed E-state index contributed by atoms with van der Waals surface area (Å²) in [4.78, 5) is 15.2. The summed E-state index contributed by atoms with van der Waals surface area (Å²) in [5.74, 6) is 0.836. The maximum absolute atomic E-state index is 10.7. The van der Waals surface area contributed by atoms with Crippen LogP contribution in [-0.2, 0) is 24.2 Å². The average Bonchev–Trinajstić information content (AvgIpc) is 2.88. The molecule has 0 radical (unpaired) electrons. The van der Waals surface area contributed by atoms with Crippen molar-refractivity contribution in [3.8, 4) is 0 Å². The van der Waals surface area contributed by atoms with Gasteiger partial charge in [-0.05, 0) is 17.2 Å². The molecule has 110 valence electrons. The summed E-state index contributed by atoms with van der Waals surface area (Å²) >= 11 is 0. The van der Waals surface area contributed by atoms with Crippen molar-refractivity contribution in [2.24, 2.45) is 0 Å². The van der Waals surface area contributed by atoms with Crippen LogP contribution in [0, 0.1) is 0 Å². The molecule has 0 aliphatic rings. The van der Waals surface area contributed by atoms with Gasteiger partial charge in [0.05, 0.1) is 6.54 Å². The van der Waals surface area contributed by atoms with Gasteiger partial charge in [0.2, 0.25) is 0 Å². The van der Waals surface area contributed by atoms with Crippen molar-refractivity contribution in [2.45, 2.75) is 33.2 Å². The van der Waals surface area contributed by atoms with E-state index < -0.39 is 5.97 Å².